The van der Waals surface area contributed by atoms with Gasteiger partial charge in [-0.05, 0) is 56.4 Å². The molecule has 1 fully saturated rings. The van der Waals surface area contributed by atoms with E-state index in [2.05, 4.69) is 35.1 Å². The lowest BCUT2D eigenvalue weighted by Gasteiger charge is -2.17. The largest absolute Gasteiger partial charge is 0.352 e. The first-order chi connectivity index (χ1) is 12.1. The van der Waals surface area contributed by atoms with Gasteiger partial charge in [0.15, 0.2) is 0 Å². The maximum Gasteiger partial charge on any atom is 0.251 e. The number of amides is 1. The van der Waals surface area contributed by atoms with Crippen molar-refractivity contribution >= 4 is 5.91 Å². The van der Waals surface area contributed by atoms with Gasteiger partial charge in [0.05, 0.1) is 6.54 Å². The molecule has 3 N–H and O–H groups in total. The molecular formula is C19H27N5O. The van der Waals surface area contributed by atoms with Crippen molar-refractivity contribution in [2.75, 3.05) is 6.54 Å². The summed E-state index contributed by atoms with van der Waals surface area (Å²) in [5.41, 5.74) is 8.32. The van der Waals surface area contributed by atoms with Crippen LogP contribution in [0.5, 0.6) is 0 Å². The van der Waals surface area contributed by atoms with Crippen molar-refractivity contribution in [3.63, 3.8) is 0 Å². The molecule has 2 heterocycles. The van der Waals surface area contributed by atoms with Gasteiger partial charge in [-0.25, -0.2) is 0 Å². The number of rotatable bonds is 7. The van der Waals surface area contributed by atoms with E-state index in [1.807, 2.05) is 41.2 Å². The smallest absolute Gasteiger partial charge is 0.251 e. The molecule has 2 atom stereocenters. The van der Waals surface area contributed by atoms with Crippen molar-refractivity contribution < 1.29 is 4.79 Å². The highest BCUT2D eigenvalue weighted by atomic mass is 16.1. The third kappa shape index (κ3) is 4.67. The van der Waals surface area contributed by atoms with Gasteiger partial charge in [-0.1, -0.05) is 12.1 Å². The predicted molar refractivity (Wildman–Crippen MR) is 98.0 cm³/mol. The van der Waals surface area contributed by atoms with Crippen LogP contribution in [0.25, 0.3) is 0 Å². The lowest BCUT2D eigenvalue weighted by atomic mass is 9.92. The maximum atomic E-state index is 12.4. The summed E-state index contributed by atoms with van der Waals surface area (Å²) in [5, 5.41) is 7.24. The fraction of sp³-hybridized carbons (Fsp3) is 0.474. The molecule has 1 aromatic heterocycles. The number of hydrogen-bond acceptors (Lipinski definition) is 4. The summed E-state index contributed by atoms with van der Waals surface area (Å²) in [6.45, 7) is 5.78. The first kappa shape index (κ1) is 17.6. The van der Waals surface area contributed by atoms with Crippen molar-refractivity contribution in [3.05, 3.63) is 53.9 Å². The van der Waals surface area contributed by atoms with Gasteiger partial charge in [0.2, 0.25) is 0 Å². The monoisotopic (exact) mass is 341 g/mol. The fourth-order valence-corrected chi connectivity index (χ4v) is 3.44. The van der Waals surface area contributed by atoms with Crippen molar-refractivity contribution in [2.24, 2.45) is 5.92 Å². The summed E-state index contributed by atoms with van der Waals surface area (Å²) >= 11 is 0. The van der Waals surface area contributed by atoms with Gasteiger partial charge in [-0.2, -0.15) is 5.10 Å². The number of hydrazine groups is 1. The first-order valence-electron chi connectivity index (χ1n) is 8.99. The predicted octanol–water partition coefficient (Wildman–Crippen LogP) is 1.94. The van der Waals surface area contributed by atoms with E-state index in [0.717, 1.165) is 18.4 Å². The molecule has 0 saturated carbocycles. The van der Waals surface area contributed by atoms with Gasteiger partial charge < -0.3 is 5.32 Å². The molecule has 134 valence electrons. The van der Waals surface area contributed by atoms with E-state index >= 15 is 0 Å². The lowest BCUT2D eigenvalue weighted by Crippen LogP contribution is -2.30. The second kappa shape index (κ2) is 8.27. The Balaban J connectivity index is 1.46. The van der Waals surface area contributed by atoms with Crippen LogP contribution in [0.4, 0.5) is 0 Å². The van der Waals surface area contributed by atoms with Gasteiger partial charge in [-0.15, -0.1) is 0 Å². The molecule has 1 aromatic carbocycles. The van der Waals surface area contributed by atoms with Crippen LogP contribution >= 0.6 is 0 Å². The third-order valence-corrected chi connectivity index (χ3v) is 4.92. The van der Waals surface area contributed by atoms with Gasteiger partial charge in [-0.3, -0.25) is 20.3 Å². The zero-order valence-electron chi connectivity index (χ0n) is 14.9. The molecule has 3 rings (SSSR count). The van der Waals surface area contributed by atoms with E-state index in [1.54, 1.807) is 6.20 Å². The highest BCUT2D eigenvalue weighted by Crippen LogP contribution is 2.19. The number of carbonyl (C=O) groups excluding carboxylic acids is 1. The second-order valence-corrected chi connectivity index (χ2v) is 6.83. The number of aromatic nitrogens is 2. The van der Waals surface area contributed by atoms with Gasteiger partial charge in [0, 0.05) is 36.6 Å². The summed E-state index contributed by atoms with van der Waals surface area (Å²) in [6.07, 6.45) is 5.76. The Morgan fingerprint density at radius 3 is 2.76 bits per heavy atom. The topological polar surface area (TPSA) is 71.0 Å². The number of carbonyl (C=O) groups is 1. The zero-order chi connectivity index (χ0) is 17.6. The Labute approximate surface area is 149 Å². The standard InChI is InChI=1S/C19H27N5O/c1-14-18(15(2)23-22-14)8-4-9-20-19(25)17-7-3-6-16(12-17)13-24-11-5-10-21-24/h3,5-7,10-12,14-15,18,22-23H,4,8-9,13H2,1-2H3,(H,20,25). The van der Waals surface area contributed by atoms with Crippen LogP contribution in [0, 0.1) is 5.92 Å². The van der Waals surface area contributed by atoms with Crippen LogP contribution in [0.15, 0.2) is 42.7 Å². The Hall–Kier alpha value is -2.18. The molecule has 25 heavy (non-hydrogen) atoms. The molecule has 1 aliphatic heterocycles. The van der Waals surface area contributed by atoms with Crippen LogP contribution in [0.1, 0.15) is 42.6 Å². The van der Waals surface area contributed by atoms with E-state index in [9.17, 15) is 4.79 Å². The molecule has 2 aromatic rings. The second-order valence-electron chi connectivity index (χ2n) is 6.83. The number of benzene rings is 1. The Morgan fingerprint density at radius 2 is 2.04 bits per heavy atom. The summed E-state index contributed by atoms with van der Waals surface area (Å²) in [5.74, 6) is 0.598. The van der Waals surface area contributed by atoms with Gasteiger partial charge in [0.1, 0.15) is 0 Å². The zero-order valence-corrected chi connectivity index (χ0v) is 14.9. The van der Waals surface area contributed by atoms with E-state index in [1.165, 1.54) is 0 Å². The van der Waals surface area contributed by atoms with Crippen molar-refractivity contribution in [1.29, 1.82) is 0 Å². The molecular weight excluding hydrogens is 314 g/mol. The number of nitrogens with zero attached hydrogens (tertiary/aromatic N) is 2. The van der Waals surface area contributed by atoms with Crippen molar-refractivity contribution in [1.82, 2.24) is 25.9 Å². The van der Waals surface area contributed by atoms with Crippen molar-refractivity contribution in [3.8, 4) is 0 Å². The summed E-state index contributed by atoms with van der Waals surface area (Å²) < 4.78 is 1.85. The molecule has 6 nitrogen and oxygen atoms in total. The molecule has 1 aliphatic rings. The van der Waals surface area contributed by atoms with Crippen LogP contribution in [0.2, 0.25) is 0 Å². The van der Waals surface area contributed by atoms with E-state index in [0.29, 0.717) is 36.7 Å². The highest BCUT2D eigenvalue weighted by Gasteiger charge is 2.28. The minimum absolute atomic E-state index is 0.00826. The van der Waals surface area contributed by atoms with E-state index < -0.39 is 0 Å². The third-order valence-electron chi connectivity index (χ3n) is 4.92. The number of hydrogen-bond donors (Lipinski definition) is 3. The number of nitrogens with one attached hydrogen (secondary N) is 3. The molecule has 0 aliphatic carbocycles. The normalized spacial score (nSPS) is 22.9. The first-order valence-corrected chi connectivity index (χ1v) is 8.99. The van der Waals surface area contributed by atoms with Crippen LogP contribution in [-0.2, 0) is 6.54 Å². The molecule has 1 saturated heterocycles. The average molecular weight is 341 g/mol. The van der Waals surface area contributed by atoms with Gasteiger partial charge >= 0.3 is 0 Å². The highest BCUT2D eigenvalue weighted by molar-refractivity contribution is 5.94. The molecule has 0 radical (unpaired) electrons. The fourth-order valence-electron chi connectivity index (χ4n) is 3.44. The van der Waals surface area contributed by atoms with Crippen LogP contribution in [-0.4, -0.2) is 34.3 Å². The van der Waals surface area contributed by atoms with E-state index in [4.69, 9.17) is 0 Å². The molecule has 6 heteroatoms. The average Bonchev–Trinajstić information content (AvgIpc) is 3.23. The Kier molecular flexibility index (Phi) is 5.83. The minimum Gasteiger partial charge on any atom is -0.352 e. The lowest BCUT2D eigenvalue weighted by molar-refractivity contribution is 0.0952. The minimum atomic E-state index is -0.00826. The Bertz CT molecular complexity index is 675. The quantitative estimate of drug-likeness (QED) is 0.673. The summed E-state index contributed by atoms with van der Waals surface area (Å²) in [6, 6.07) is 10.6. The SMILES string of the molecule is CC1NNC(C)C1CCCNC(=O)c1cccc(Cn2cccn2)c1. The summed E-state index contributed by atoms with van der Waals surface area (Å²) in [7, 11) is 0. The van der Waals surface area contributed by atoms with Crippen LogP contribution in [0.3, 0.4) is 0 Å². The molecule has 0 bridgehead atoms. The molecule has 0 spiro atoms. The Morgan fingerprint density at radius 1 is 1.24 bits per heavy atom. The molecule has 1 amide bonds. The summed E-state index contributed by atoms with van der Waals surface area (Å²) in [4.78, 5) is 12.4. The van der Waals surface area contributed by atoms with E-state index in [-0.39, 0.29) is 5.91 Å². The molecule has 2 unspecified atom stereocenters. The van der Waals surface area contributed by atoms with Crippen LogP contribution < -0.4 is 16.2 Å². The van der Waals surface area contributed by atoms with Gasteiger partial charge in [0.25, 0.3) is 5.91 Å². The van der Waals surface area contributed by atoms with Crippen molar-refractivity contribution in [2.45, 2.75) is 45.3 Å². The maximum absolute atomic E-state index is 12.4.